The van der Waals surface area contributed by atoms with Crippen LogP contribution in [0.15, 0.2) is 71.6 Å². The lowest BCUT2D eigenvalue weighted by Gasteiger charge is -2.13. The van der Waals surface area contributed by atoms with Crippen LogP contribution in [-0.4, -0.2) is 29.1 Å². The maximum absolute atomic E-state index is 12.9. The number of imide groups is 1. The van der Waals surface area contributed by atoms with E-state index in [1.165, 1.54) is 12.0 Å². The second-order valence-electron chi connectivity index (χ2n) is 7.54. The van der Waals surface area contributed by atoms with Crippen LogP contribution >= 0.6 is 34.4 Å². The lowest BCUT2D eigenvalue weighted by molar-refractivity contribution is -0.123. The van der Waals surface area contributed by atoms with Crippen molar-refractivity contribution in [2.75, 3.05) is 7.11 Å². The van der Waals surface area contributed by atoms with Gasteiger partial charge in [-0.2, -0.15) is 0 Å². The minimum atomic E-state index is -0.498. The number of rotatable bonds is 6. The van der Waals surface area contributed by atoms with Crippen LogP contribution in [0, 0.1) is 10.5 Å². The summed E-state index contributed by atoms with van der Waals surface area (Å²) in [5, 5.41) is -0.313. The highest BCUT2D eigenvalue weighted by Gasteiger charge is 2.35. The van der Waals surface area contributed by atoms with Gasteiger partial charge in [-0.25, -0.2) is 4.79 Å². The predicted molar refractivity (Wildman–Crippen MR) is 140 cm³/mol. The van der Waals surface area contributed by atoms with Crippen molar-refractivity contribution in [2.24, 2.45) is 0 Å². The molecule has 0 aliphatic carbocycles. The Kier molecular flexibility index (Phi) is 7.38. The van der Waals surface area contributed by atoms with Crippen molar-refractivity contribution in [3.8, 4) is 11.5 Å². The molecule has 2 amide bonds. The summed E-state index contributed by atoms with van der Waals surface area (Å²) in [5.41, 5.74) is 3.07. The van der Waals surface area contributed by atoms with Gasteiger partial charge in [0, 0.05) is 0 Å². The van der Waals surface area contributed by atoms with Crippen LogP contribution in [0.25, 0.3) is 6.08 Å². The first-order chi connectivity index (χ1) is 16.4. The predicted octanol–water partition coefficient (Wildman–Crippen LogP) is 6.06. The molecule has 0 saturated carbocycles. The van der Waals surface area contributed by atoms with E-state index >= 15 is 0 Å². The molecule has 0 bridgehead atoms. The molecule has 4 rings (SSSR count). The number of amides is 2. The van der Waals surface area contributed by atoms with E-state index in [2.05, 4.69) is 0 Å². The number of esters is 1. The topological polar surface area (TPSA) is 72.9 Å². The lowest BCUT2D eigenvalue weighted by Crippen LogP contribution is -2.27. The van der Waals surface area contributed by atoms with Crippen molar-refractivity contribution in [2.45, 2.75) is 13.5 Å². The second-order valence-corrected chi connectivity index (χ2v) is 9.70. The highest BCUT2D eigenvalue weighted by molar-refractivity contribution is 14.1. The van der Waals surface area contributed by atoms with Crippen molar-refractivity contribution >= 4 is 57.5 Å². The van der Waals surface area contributed by atoms with Crippen molar-refractivity contribution in [1.82, 2.24) is 4.90 Å². The van der Waals surface area contributed by atoms with Crippen LogP contribution in [0.2, 0.25) is 0 Å². The van der Waals surface area contributed by atoms with E-state index in [0.717, 1.165) is 22.9 Å². The quantitative estimate of drug-likeness (QED) is 0.152. The molecule has 6 nitrogen and oxygen atoms in total. The molecule has 8 heteroatoms. The monoisotopic (exact) mass is 585 g/mol. The van der Waals surface area contributed by atoms with Crippen LogP contribution < -0.4 is 9.47 Å². The SMILES string of the molecule is COc1cc(/C=C2\SC(=O)N(Cc3ccc(C)cc3)C2=O)cc(I)c1OC(=O)c1ccccc1. The molecule has 0 N–H and O–H groups in total. The number of carbonyl (C=O) groups excluding carboxylic acids is 3. The van der Waals surface area contributed by atoms with Crippen LogP contribution in [0.1, 0.15) is 27.0 Å². The molecule has 172 valence electrons. The molecule has 34 heavy (non-hydrogen) atoms. The number of halogens is 1. The van der Waals surface area contributed by atoms with E-state index in [1.807, 2.05) is 59.8 Å². The third-order valence-electron chi connectivity index (χ3n) is 5.09. The van der Waals surface area contributed by atoms with E-state index < -0.39 is 5.97 Å². The van der Waals surface area contributed by atoms with Gasteiger partial charge in [-0.1, -0.05) is 48.0 Å². The van der Waals surface area contributed by atoms with Gasteiger partial charge in [-0.15, -0.1) is 0 Å². The van der Waals surface area contributed by atoms with E-state index in [0.29, 0.717) is 31.1 Å². The number of ether oxygens (including phenoxy) is 2. The molecule has 1 heterocycles. The highest BCUT2D eigenvalue weighted by Crippen LogP contribution is 2.38. The molecule has 3 aromatic rings. The number of hydrogen-bond acceptors (Lipinski definition) is 6. The van der Waals surface area contributed by atoms with Crippen LogP contribution in [0.5, 0.6) is 11.5 Å². The molecular weight excluding hydrogens is 565 g/mol. The van der Waals surface area contributed by atoms with E-state index in [9.17, 15) is 14.4 Å². The number of carbonyl (C=O) groups is 3. The smallest absolute Gasteiger partial charge is 0.343 e. The zero-order valence-electron chi connectivity index (χ0n) is 18.4. The zero-order valence-corrected chi connectivity index (χ0v) is 21.4. The minimum Gasteiger partial charge on any atom is -0.493 e. The Labute approximate surface area is 215 Å². The van der Waals surface area contributed by atoms with Gasteiger partial charge in [-0.3, -0.25) is 14.5 Å². The number of aryl methyl sites for hydroxylation is 1. The summed E-state index contributed by atoms with van der Waals surface area (Å²) in [4.78, 5) is 39.5. The summed E-state index contributed by atoms with van der Waals surface area (Å²) in [6.07, 6.45) is 1.65. The van der Waals surface area contributed by atoms with Crippen LogP contribution in [0.4, 0.5) is 4.79 Å². The Bertz CT molecular complexity index is 1290. The number of nitrogens with zero attached hydrogens (tertiary/aromatic N) is 1. The van der Waals surface area contributed by atoms with E-state index in [1.54, 1.807) is 42.5 Å². The summed E-state index contributed by atoms with van der Waals surface area (Å²) in [5.74, 6) is -0.200. The molecule has 0 aromatic heterocycles. The highest BCUT2D eigenvalue weighted by atomic mass is 127. The van der Waals surface area contributed by atoms with Gasteiger partial charge in [0.15, 0.2) is 11.5 Å². The largest absolute Gasteiger partial charge is 0.493 e. The van der Waals surface area contributed by atoms with Crippen LogP contribution in [-0.2, 0) is 11.3 Å². The number of thioether (sulfide) groups is 1. The number of benzene rings is 3. The summed E-state index contributed by atoms with van der Waals surface area (Å²) >= 11 is 2.95. The molecule has 3 aromatic carbocycles. The third kappa shape index (κ3) is 5.34. The van der Waals surface area contributed by atoms with Crippen molar-refractivity contribution in [1.29, 1.82) is 0 Å². The third-order valence-corrected chi connectivity index (χ3v) is 6.80. The molecule has 1 aliphatic heterocycles. The molecule has 0 unspecified atom stereocenters. The molecule has 0 radical (unpaired) electrons. The second kappa shape index (κ2) is 10.4. The summed E-state index contributed by atoms with van der Waals surface area (Å²) in [6.45, 7) is 2.20. The average Bonchev–Trinajstić information content (AvgIpc) is 3.09. The summed E-state index contributed by atoms with van der Waals surface area (Å²) < 4.78 is 11.7. The Balaban J connectivity index is 1.56. The van der Waals surface area contributed by atoms with Gasteiger partial charge >= 0.3 is 5.97 Å². The van der Waals surface area contributed by atoms with Gasteiger partial charge < -0.3 is 9.47 Å². The fourth-order valence-electron chi connectivity index (χ4n) is 3.31. The molecule has 1 aliphatic rings. The first-order valence-electron chi connectivity index (χ1n) is 10.3. The first kappa shape index (κ1) is 24.0. The average molecular weight is 585 g/mol. The summed E-state index contributed by atoms with van der Waals surface area (Å²) in [7, 11) is 1.48. The van der Waals surface area contributed by atoms with Crippen LogP contribution in [0.3, 0.4) is 0 Å². The minimum absolute atomic E-state index is 0.220. The molecule has 1 saturated heterocycles. The Morgan fingerprint density at radius 1 is 1.06 bits per heavy atom. The first-order valence-corrected chi connectivity index (χ1v) is 12.2. The van der Waals surface area contributed by atoms with Gasteiger partial charge in [-0.05, 0) is 82.7 Å². The normalized spacial score (nSPS) is 14.6. The number of methoxy groups -OCH3 is 1. The lowest BCUT2D eigenvalue weighted by atomic mass is 10.1. The maximum Gasteiger partial charge on any atom is 0.343 e. The molecule has 0 spiro atoms. The Morgan fingerprint density at radius 2 is 1.76 bits per heavy atom. The maximum atomic E-state index is 12.9. The zero-order chi connectivity index (χ0) is 24.2. The van der Waals surface area contributed by atoms with E-state index in [4.69, 9.17) is 9.47 Å². The van der Waals surface area contributed by atoms with Gasteiger partial charge in [0.25, 0.3) is 11.1 Å². The van der Waals surface area contributed by atoms with Gasteiger partial charge in [0.2, 0.25) is 0 Å². The van der Waals surface area contributed by atoms with Crippen molar-refractivity contribution < 1.29 is 23.9 Å². The van der Waals surface area contributed by atoms with E-state index in [-0.39, 0.29) is 17.7 Å². The van der Waals surface area contributed by atoms with Crippen molar-refractivity contribution in [3.63, 3.8) is 0 Å². The number of hydrogen-bond donors (Lipinski definition) is 0. The summed E-state index contributed by atoms with van der Waals surface area (Å²) in [6, 6.07) is 19.8. The van der Waals surface area contributed by atoms with Gasteiger partial charge in [0.1, 0.15) is 0 Å². The fraction of sp³-hybridized carbons (Fsp3) is 0.115. The molecule has 0 atom stereocenters. The van der Waals surface area contributed by atoms with Gasteiger partial charge in [0.05, 0.1) is 27.7 Å². The Hall–Kier alpha value is -3.11. The molecule has 1 fully saturated rings. The Morgan fingerprint density at radius 3 is 2.44 bits per heavy atom. The standard InChI is InChI=1S/C26H20INO5S/c1-16-8-10-17(11-9-16)15-28-24(29)22(34-26(28)31)14-18-12-20(27)23(21(13-18)32-2)33-25(30)19-6-4-3-5-7-19/h3-14H,15H2,1-2H3/b22-14-. The molecular formula is C26H20INO5S. The van der Waals surface area contributed by atoms with Crippen molar-refractivity contribution in [3.05, 3.63) is 97.5 Å². The fourth-order valence-corrected chi connectivity index (χ4v) is 4.89.